The summed E-state index contributed by atoms with van der Waals surface area (Å²) >= 11 is 6.40. The van der Waals surface area contributed by atoms with Crippen LogP contribution in [0, 0.1) is 5.82 Å². The van der Waals surface area contributed by atoms with Gasteiger partial charge in [0.1, 0.15) is 11.6 Å². The lowest BCUT2D eigenvalue weighted by molar-refractivity contribution is 0.0986. The van der Waals surface area contributed by atoms with E-state index in [0.29, 0.717) is 39.9 Å². The van der Waals surface area contributed by atoms with Gasteiger partial charge in [0.25, 0.3) is 5.91 Å². The van der Waals surface area contributed by atoms with Crippen LogP contribution in [0.25, 0.3) is 11.1 Å². The first-order valence-electron chi connectivity index (χ1n) is 14.9. The van der Waals surface area contributed by atoms with Crippen LogP contribution in [0.15, 0.2) is 109 Å². The van der Waals surface area contributed by atoms with Crippen molar-refractivity contribution in [3.05, 3.63) is 148 Å². The van der Waals surface area contributed by atoms with E-state index < -0.39 is 11.8 Å². The molecule has 6 rings (SSSR count). The number of carbonyl (C=O) groups is 2. The van der Waals surface area contributed by atoms with Crippen molar-refractivity contribution in [1.29, 1.82) is 0 Å². The fraction of sp³-hybridized carbons (Fsp3) is 0.135. The van der Waals surface area contributed by atoms with Crippen LogP contribution in [-0.4, -0.2) is 25.0 Å². The van der Waals surface area contributed by atoms with Crippen LogP contribution < -0.4 is 26.0 Å². The zero-order chi connectivity index (χ0) is 32.0. The Morgan fingerprint density at radius 3 is 2.50 bits per heavy atom. The van der Waals surface area contributed by atoms with Crippen molar-refractivity contribution in [3.63, 3.8) is 0 Å². The fourth-order valence-corrected chi connectivity index (χ4v) is 5.74. The zero-order valence-corrected chi connectivity index (χ0v) is 25.7. The summed E-state index contributed by atoms with van der Waals surface area (Å²) in [5.74, 6) is 0.242. The number of hydrogen-bond acceptors (Lipinski definition) is 4. The van der Waals surface area contributed by atoms with Gasteiger partial charge in [-0.3, -0.25) is 4.79 Å². The molecule has 0 saturated carbocycles. The number of amides is 3. The molecule has 0 saturated heterocycles. The van der Waals surface area contributed by atoms with Crippen molar-refractivity contribution in [3.8, 4) is 22.6 Å². The van der Waals surface area contributed by atoms with Gasteiger partial charge >= 0.3 is 6.03 Å². The molecular formula is C37H32ClFN4O3. The second-order valence-electron chi connectivity index (χ2n) is 10.9. The van der Waals surface area contributed by atoms with Gasteiger partial charge in [-0.15, -0.1) is 0 Å². The Balaban J connectivity index is 1.26. The Bertz CT molecular complexity index is 1910. The molecule has 0 heterocycles. The number of halogens is 2. The number of rotatable bonds is 10. The number of carbonyl (C=O) groups excluding carboxylic acids is 2. The molecule has 5 aromatic rings. The molecule has 9 heteroatoms. The topological polar surface area (TPSA) is 96.7 Å². The number of anilines is 1. The van der Waals surface area contributed by atoms with Crippen LogP contribution in [0.2, 0.25) is 5.02 Å². The normalized spacial score (nSPS) is 11.4. The number of nitrogens with one attached hydrogen (secondary N) is 2. The molecule has 1 aliphatic carbocycles. The maximum absolute atomic E-state index is 14.3. The molecule has 3 amide bonds. The van der Waals surface area contributed by atoms with Crippen molar-refractivity contribution in [1.82, 2.24) is 10.6 Å². The quantitative estimate of drug-likeness (QED) is 0.146. The number of nitrogens with two attached hydrogens (primary N) is 1. The number of ether oxygens (including phenoxy) is 1. The highest BCUT2D eigenvalue weighted by Gasteiger charge is 2.25. The van der Waals surface area contributed by atoms with E-state index >= 15 is 0 Å². The molecular weight excluding hydrogens is 603 g/mol. The third-order valence-electron chi connectivity index (χ3n) is 7.88. The summed E-state index contributed by atoms with van der Waals surface area (Å²) in [6.07, 6.45) is 0.739. The van der Waals surface area contributed by atoms with E-state index in [1.807, 2.05) is 48.5 Å². The minimum Gasteiger partial charge on any atom is -0.455 e. The van der Waals surface area contributed by atoms with Gasteiger partial charge in [0.2, 0.25) is 0 Å². The smallest absolute Gasteiger partial charge is 0.315 e. The fourth-order valence-electron chi connectivity index (χ4n) is 5.58. The van der Waals surface area contributed by atoms with Gasteiger partial charge in [0.05, 0.1) is 5.69 Å². The SMILES string of the molecule is NCc1cccc(Oc2cc(Cl)ccc2N(CCNC(=O)NCc2ccccc2F)C(=O)c2ccc3c(c2)Cc2ccccc2-3)c1. The minimum atomic E-state index is -0.489. The Labute approximate surface area is 271 Å². The molecule has 232 valence electrons. The predicted molar refractivity (Wildman–Crippen MR) is 179 cm³/mol. The van der Waals surface area contributed by atoms with Crippen LogP contribution in [0.1, 0.15) is 32.6 Å². The average Bonchev–Trinajstić information content (AvgIpc) is 3.44. The van der Waals surface area contributed by atoms with Gasteiger partial charge in [0, 0.05) is 48.4 Å². The molecule has 0 atom stereocenters. The number of nitrogens with zero attached hydrogens (tertiary/aromatic N) is 1. The lowest BCUT2D eigenvalue weighted by Gasteiger charge is -2.26. The summed E-state index contributed by atoms with van der Waals surface area (Å²) < 4.78 is 20.3. The number of benzene rings is 5. The summed E-state index contributed by atoms with van der Waals surface area (Å²) in [5.41, 5.74) is 12.7. The van der Waals surface area contributed by atoms with Crippen molar-refractivity contribution >= 4 is 29.2 Å². The molecule has 0 aliphatic heterocycles. The lowest BCUT2D eigenvalue weighted by atomic mass is 10.0. The van der Waals surface area contributed by atoms with Crippen molar-refractivity contribution < 1.29 is 18.7 Å². The first-order chi connectivity index (χ1) is 22.4. The zero-order valence-electron chi connectivity index (χ0n) is 24.9. The summed E-state index contributed by atoms with van der Waals surface area (Å²) in [5, 5.41) is 5.88. The minimum absolute atomic E-state index is 0.0235. The first-order valence-corrected chi connectivity index (χ1v) is 15.3. The Morgan fingerprint density at radius 2 is 1.65 bits per heavy atom. The second-order valence-corrected chi connectivity index (χ2v) is 11.4. The summed E-state index contributed by atoms with van der Waals surface area (Å²) in [6, 6.07) is 32.2. The monoisotopic (exact) mass is 634 g/mol. The molecule has 1 aliphatic rings. The van der Waals surface area contributed by atoms with Crippen molar-refractivity contribution in [2.75, 3.05) is 18.0 Å². The van der Waals surface area contributed by atoms with Crippen LogP contribution in [0.4, 0.5) is 14.9 Å². The highest BCUT2D eigenvalue weighted by Crippen LogP contribution is 2.39. The number of urea groups is 1. The molecule has 0 radical (unpaired) electrons. The largest absolute Gasteiger partial charge is 0.455 e. The van der Waals surface area contributed by atoms with Gasteiger partial charge in [-0.05, 0) is 76.7 Å². The molecule has 46 heavy (non-hydrogen) atoms. The Hall–Kier alpha value is -5.18. The highest BCUT2D eigenvalue weighted by atomic mass is 35.5. The molecule has 0 spiro atoms. The van der Waals surface area contributed by atoms with Gasteiger partial charge in [-0.25, -0.2) is 9.18 Å². The summed E-state index contributed by atoms with van der Waals surface area (Å²) in [6.45, 7) is 0.590. The van der Waals surface area contributed by atoms with E-state index in [1.165, 1.54) is 17.2 Å². The molecule has 4 N–H and O–H groups in total. The molecule has 0 unspecified atom stereocenters. The second kappa shape index (κ2) is 13.9. The highest BCUT2D eigenvalue weighted by molar-refractivity contribution is 6.31. The van der Waals surface area contributed by atoms with Crippen molar-refractivity contribution in [2.24, 2.45) is 5.73 Å². The van der Waals surface area contributed by atoms with E-state index in [9.17, 15) is 14.0 Å². The number of hydrogen-bond donors (Lipinski definition) is 3. The van der Waals surface area contributed by atoms with E-state index in [0.717, 1.165) is 23.1 Å². The maximum atomic E-state index is 14.3. The maximum Gasteiger partial charge on any atom is 0.315 e. The lowest BCUT2D eigenvalue weighted by Crippen LogP contribution is -2.42. The molecule has 5 aromatic carbocycles. The average molecular weight is 635 g/mol. The van der Waals surface area contributed by atoms with Crippen LogP contribution in [0.3, 0.4) is 0 Å². The van der Waals surface area contributed by atoms with E-state index in [2.05, 4.69) is 22.8 Å². The first kappa shape index (κ1) is 30.8. The van der Waals surface area contributed by atoms with Gasteiger partial charge in [-0.1, -0.05) is 72.3 Å². The summed E-state index contributed by atoms with van der Waals surface area (Å²) in [4.78, 5) is 28.5. The van der Waals surface area contributed by atoms with E-state index in [-0.39, 0.29) is 25.5 Å². The van der Waals surface area contributed by atoms with E-state index in [1.54, 1.807) is 47.4 Å². The molecule has 7 nitrogen and oxygen atoms in total. The third-order valence-corrected chi connectivity index (χ3v) is 8.11. The van der Waals surface area contributed by atoms with Crippen LogP contribution in [0.5, 0.6) is 11.5 Å². The van der Waals surface area contributed by atoms with Gasteiger partial charge in [-0.2, -0.15) is 0 Å². The molecule has 0 bridgehead atoms. The van der Waals surface area contributed by atoms with Gasteiger partial charge in [0.15, 0.2) is 5.75 Å². The summed E-state index contributed by atoms with van der Waals surface area (Å²) in [7, 11) is 0. The molecule has 0 fully saturated rings. The Morgan fingerprint density at radius 1 is 0.848 bits per heavy atom. The van der Waals surface area contributed by atoms with E-state index in [4.69, 9.17) is 22.1 Å². The van der Waals surface area contributed by atoms with Crippen molar-refractivity contribution in [2.45, 2.75) is 19.5 Å². The Kier molecular flexibility index (Phi) is 9.28. The predicted octanol–water partition coefficient (Wildman–Crippen LogP) is 7.45. The van der Waals surface area contributed by atoms with Crippen LogP contribution in [-0.2, 0) is 19.5 Å². The van der Waals surface area contributed by atoms with Crippen LogP contribution >= 0.6 is 11.6 Å². The van der Waals surface area contributed by atoms with Gasteiger partial charge < -0.3 is 26.0 Å². The third kappa shape index (κ3) is 6.88. The standard InChI is InChI=1S/C37H32ClFN4O3/c38-29-13-15-34(35(21-29)46-30-9-5-6-24(18-30)22-40)43(17-16-41-37(45)42-23-27-8-2-4-11-33(27)39)36(44)26-12-14-32-28(20-26)19-25-7-1-3-10-31(25)32/h1-15,18,20-21H,16-17,19,22-23,40H2,(H2,41,42,45). The number of fused-ring (bicyclic) bond motifs is 3. The molecule has 0 aromatic heterocycles.